The third-order valence-electron chi connectivity index (χ3n) is 2.78. The Bertz CT molecular complexity index is 493. The maximum atomic E-state index is 12.4. The van der Waals surface area contributed by atoms with Crippen LogP contribution in [-0.4, -0.2) is 36.3 Å². The van der Waals surface area contributed by atoms with Gasteiger partial charge in [0.25, 0.3) is 5.91 Å². The fourth-order valence-electron chi connectivity index (χ4n) is 1.82. The summed E-state index contributed by atoms with van der Waals surface area (Å²) in [6.07, 6.45) is 0.351. The Hall–Kier alpha value is -1.01. The summed E-state index contributed by atoms with van der Waals surface area (Å²) in [6, 6.07) is 5.35. The van der Waals surface area contributed by atoms with Gasteiger partial charge in [-0.15, -0.1) is 12.6 Å². The van der Waals surface area contributed by atoms with Crippen LogP contribution in [0, 0.1) is 0 Å². The minimum absolute atomic E-state index is 0.00712. The van der Waals surface area contributed by atoms with Crippen LogP contribution in [-0.2, 0) is 4.79 Å². The van der Waals surface area contributed by atoms with E-state index in [2.05, 4.69) is 33.9 Å². The van der Waals surface area contributed by atoms with Crippen molar-refractivity contribution in [3.8, 4) is 0 Å². The minimum Gasteiger partial charge on any atom is -0.354 e. The maximum absolute atomic E-state index is 12.4. The van der Waals surface area contributed by atoms with Gasteiger partial charge < -0.3 is 10.2 Å². The molecule has 1 aliphatic rings. The number of hydrogen-bond donors (Lipinski definition) is 2. The Morgan fingerprint density at radius 3 is 2.94 bits per heavy atom. The summed E-state index contributed by atoms with van der Waals surface area (Å²) in [7, 11) is 0. The topological polar surface area (TPSA) is 49.4 Å². The quantitative estimate of drug-likeness (QED) is 0.771. The highest BCUT2D eigenvalue weighted by Gasteiger charge is 2.21. The predicted molar refractivity (Wildman–Crippen MR) is 74.9 cm³/mol. The lowest BCUT2D eigenvalue weighted by molar-refractivity contribution is -0.120. The SMILES string of the molecule is O=C1CCN(C(=O)c2cc(S)ccc2Br)CCN1. The molecule has 2 amide bonds. The molecular weight excluding hydrogens is 316 g/mol. The van der Waals surface area contributed by atoms with Crippen LogP contribution >= 0.6 is 28.6 Å². The third kappa shape index (κ3) is 3.05. The summed E-state index contributed by atoms with van der Waals surface area (Å²) in [5, 5.41) is 2.75. The van der Waals surface area contributed by atoms with Crippen molar-refractivity contribution in [2.45, 2.75) is 11.3 Å². The first-order chi connectivity index (χ1) is 8.58. The summed E-state index contributed by atoms with van der Waals surface area (Å²) in [6.45, 7) is 1.49. The molecule has 0 aromatic heterocycles. The van der Waals surface area contributed by atoms with E-state index >= 15 is 0 Å². The number of benzene rings is 1. The van der Waals surface area contributed by atoms with Crippen LogP contribution in [0.1, 0.15) is 16.8 Å². The van der Waals surface area contributed by atoms with Gasteiger partial charge in [-0.3, -0.25) is 9.59 Å². The molecule has 0 radical (unpaired) electrons. The van der Waals surface area contributed by atoms with Crippen LogP contribution in [0.4, 0.5) is 0 Å². The number of hydrogen-bond acceptors (Lipinski definition) is 3. The Morgan fingerprint density at radius 2 is 2.17 bits per heavy atom. The molecule has 1 aromatic carbocycles. The molecule has 1 heterocycles. The number of amides is 2. The highest BCUT2D eigenvalue weighted by atomic mass is 79.9. The van der Waals surface area contributed by atoms with E-state index in [0.717, 1.165) is 9.37 Å². The molecule has 0 unspecified atom stereocenters. The number of halogens is 1. The van der Waals surface area contributed by atoms with Gasteiger partial charge in [0.2, 0.25) is 5.91 Å². The van der Waals surface area contributed by atoms with E-state index < -0.39 is 0 Å². The number of carbonyl (C=O) groups is 2. The normalized spacial score (nSPS) is 16.1. The molecule has 0 aliphatic carbocycles. The van der Waals surface area contributed by atoms with Gasteiger partial charge in [0.1, 0.15) is 0 Å². The fraction of sp³-hybridized carbons (Fsp3) is 0.333. The first kappa shape index (κ1) is 13.4. The maximum Gasteiger partial charge on any atom is 0.255 e. The van der Waals surface area contributed by atoms with Gasteiger partial charge in [0, 0.05) is 35.4 Å². The number of rotatable bonds is 1. The van der Waals surface area contributed by atoms with E-state index in [1.807, 2.05) is 6.07 Å². The van der Waals surface area contributed by atoms with E-state index in [4.69, 9.17) is 0 Å². The van der Waals surface area contributed by atoms with Crippen molar-refractivity contribution >= 4 is 40.4 Å². The summed E-state index contributed by atoms with van der Waals surface area (Å²) >= 11 is 7.60. The van der Waals surface area contributed by atoms with Gasteiger partial charge in [-0.2, -0.15) is 0 Å². The number of carbonyl (C=O) groups excluding carboxylic acids is 2. The molecule has 4 nitrogen and oxygen atoms in total. The van der Waals surface area contributed by atoms with E-state index in [-0.39, 0.29) is 11.8 Å². The molecule has 96 valence electrons. The molecule has 0 saturated carbocycles. The van der Waals surface area contributed by atoms with Gasteiger partial charge in [0.05, 0.1) is 5.56 Å². The van der Waals surface area contributed by atoms with Gasteiger partial charge in [0.15, 0.2) is 0 Å². The molecule has 1 aromatic rings. The van der Waals surface area contributed by atoms with Crippen molar-refractivity contribution < 1.29 is 9.59 Å². The Kier molecular flexibility index (Phi) is 4.29. The summed E-state index contributed by atoms with van der Waals surface area (Å²) < 4.78 is 0.744. The largest absolute Gasteiger partial charge is 0.354 e. The number of thiol groups is 1. The number of nitrogens with one attached hydrogen (secondary N) is 1. The van der Waals surface area contributed by atoms with Crippen molar-refractivity contribution in [3.05, 3.63) is 28.2 Å². The molecule has 0 bridgehead atoms. The highest BCUT2D eigenvalue weighted by molar-refractivity contribution is 9.10. The number of nitrogens with zero attached hydrogens (tertiary/aromatic N) is 1. The second-order valence-corrected chi connectivity index (χ2v) is 5.43. The summed E-state index contributed by atoms with van der Waals surface area (Å²) in [5.41, 5.74) is 0.580. The monoisotopic (exact) mass is 328 g/mol. The molecule has 1 fully saturated rings. The van der Waals surface area contributed by atoms with Crippen LogP contribution in [0.25, 0.3) is 0 Å². The lowest BCUT2D eigenvalue weighted by Gasteiger charge is -2.20. The molecular formula is C12H13BrN2O2S. The lowest BCUT2D eigenvalue weighted by atomic mass is 10.2. The fourth-order valence-corrected chi connectivity index (χ4v) is 2.44. The van der Waals surface area contributed by atoms with Crippen molar-refractivity contribution in [2.24, 2.45) is 0 Å². The Balaban J connectivity index is 2.19. The molecule has 2 rings (SSSR count). The van der Waals surface area contributed by atoms with Crippen molar-refractivity contribution in [2.75, 3.05) is 19.6 Å². The first-order valence-electron chi connectivity index (χ1n) is 5.62. The van der Waals surface area contributed by atoms with E-state index in [1.165, 1.54) is 0 Å². The van der Waals surface area contributed by atoms with Crippen LogP contribution in [0.5, 0.6) is 0 Å². The van der Waals surface area contributed by atoms with Crippen molar-refractivity contribution in [1.82, 2.24) is 10.2 Å². The average molecular weight is 329 g/mol. The zero-order valence-corrected chi connectivity index (χ0v) is 12.1. The second-order valence-electron chi connectivity index (χ2n) is 4.06. The van der Waals surface area contributed by atoms with Crippen LogP contribution < -0.4 is 5.32 Å². The first-order valence-corrected chi connectivity index (χ1v) is 6.86. The van der Waals surface area contributed by atoms with E-state index in [1.54, 1.807) is 17.0 Å². The third-order valence-corrected chi connectivity index (χ3v) is 3.75. The molecule has 0 atom stereocenters. The summed E-state index contributed by atoms with van der Waals surface area (Å²) in [4.78, 5) is 26.0. The average Bonchev–Trinajstić information content (AvgIpc) is 2.56. The lowest BCUT2D eigenvalue weighted by Crippen LogP contribution is -2.34. The van der Waals surface area contributed by atoms with E-state index in [9.17, 15) is 9.59 Å². The molecule has 1 saturated heterocycles. The molecule has 6 heteroatoms. The zero-order chi connectivity index (χ0) is 13.1. The van der Waals surface area contributed by atoms with Crippen LogP contribution in [0.15, 0.2) is 27.6 Å². The molecule has 1 aliphatic heterocycles. The Morgan fingerprint density at radius 1 is 1.39 bits per heavy atom. The smallest absolute Gasteiger partial charge is 0.255 e. The van der Waals surface area contributed by atoms with Gasteiger partial charge in [-0.1, -0.05) is 0 Å². The molecule has 0 spiro atoms. The highest BCUT2D eigenvalue weighted by Crippen LogP contribution is 2.22. The molecule has 1 N–H and O–H groups in total. The van der Waals surface area contributed by atoms with Gasteiger partial charge in [-0.25, -0.2) is 0 Å². The Labute approximate surface area is 119 Å². The van der Waals surface area contributed by atoms with Crippen LogP contribution in [0.2, 0.25) is 0 Å². The van der Waals surface area contributed by atoms with Crippen molar-refractivity contribution in [1.29, 1.82) is 0 Å². The summed E-state index contributed by atoms with van der Waals surface area (Å²) in [5.74, 6) is -0.0819. The van der Waals surface area contributed by atoms with E-state index in [0.29, 0.717) is 31.6 Å². The second kappa shape index (κ2) is 5.75. The predicted octanol–water partition coefficient (Wildman–Crippen LogP) is 1.70. The minimum atomic E-state index is -0.0747. The van der Waals surface area contributed by atoms with Crippen LogP contribution in [0.3, 0.4) is 0 Å². The zero-order valence-electron chi connectivity index (χ0n) is 9.65. The van der Waals surface area contributed by atoms with Crippen molar-refractivity contribution in [3.63, 3.8) is 0 Å². The standard InChI is InChI=1S/C12H13BrN2O2S/c13-10-2-1-8(18)7-9(10)12(17)15-5-3-11(16)14-4-6-15/h1-2,7,18H,3-6H2,(H,14,16). The molecule has 18 heavy (non-hydrogen) atoms. The van der Waals surface area contributed by atoms with Gasteiger partial charge in [-0.05, 0) is 34.1 Å². The van der Waals surface area contributed by atoms with Gasteiger partial charge >= 0.3 is 0 Å².